The van der Waals surface area contributed by atoms with E-state index < -0.39 is 12.3 Å². The van der Waals surface area contributed by atoms with Crippen molar-refractivity contribution in [3.8, 4) is 0 Å². The first-order valence-corrected chi connectivity index (χ1v) is 4.30. The molecule has 0 spiro atoms. The molecule has 0 unspecified atom stereocenters. The van der Waals surface area contributed by atoms with Gasteiger partial charge in [0.25, 0.3) is 0 Å². The van der Waals surface area contributed by atoms with E-state index in [1.54, 1.807) is 30.3 Å². The Kier molecular flexibility index (Phi) is 3.71. The highest BCUT2D eigenvalue weighted by atomic mass is 19.4. The molecule has 1 aromatic rings. The highest BCUT2D eigenvalue weighted by molar-refractivity contribution is 5.69. The number of aryl methyl sites for hydroxylation is 1. The number of esters is 1. The van der Waals surface area contributed by atoms with Crippen LogP contribution in [0.3, 0.4) is 0 Å². The molecular formula is C10H9F3O2. The van der Waals surface area contributed by atoms with Crippen molar-refractivity contribution in [3.63, 3.8) is 0 Å². The number of hydrogen-bond donors (Lipinski definition) is 0. The topological polar surface area (TPSA) is 26.3 Å². The molecule has 0 saturated heterocycles. The largest absolute Gasteiger partial charge is 0.575 e. The van der Waals surface area contributed by atoms with Crippen molar-refractivity contribution in [3.05, 3.63) is 35.9 Å². The minimum Gasteiger partial charge on any atom is -0.373 e. The minimum atomic E-state index is -4.88. The summed E-state index contributed by atoms with van der Waals surface area (Å²) in [5.41, 5.74) is 0.802. The van der Waals surface area contributed by atoms with Gasteiger partial charge in [0.2, 0.25) is 0 Å². The van der Waals surface area contributed by atoms with Crippen molar-refractivity contribution in [1.82, 2.24) is 0 Å². The van der Waals surface area contributed by atoms with Gasteiger partial charge >= 0.3 is 12.3 Å². The molecule has 0 heterocycles. The molecule has 2 nitrogen and oxygen atoms in total. The molecule has 0 aromatic heterocycles. The third-order valence-electron chi connectivity index (χ3n) is 1.69. The summed E-state index contributed by atoms with van der Waals surface area (Å²) in [5, 5.41) is 0. The third-order valence-corrected chi connectivity index (χ3v) is 1.69. The maximum absolute atomic E-state index is 11.6. The average Bonchev–Trinajstić information content (AvgIpc) is 2.14. The first-order valence-electron chi connectivity index (χ1n) is 4.30. The van der Waals surface area contributed by atoms with E-state index in [-0.39, 0.29) is 12.8 Å². The fraction of sp³-hybridized carbons (Fsp3) is 0.300. The van der Waals surface area contributed by atoms with Crippen molar-refractivity contribution in [2.24, 2.45) is 0 Å². The van der Waals surface area contributed by atoms with Crippen molar-refractivity contribution < 1.29 is 22.7 Å². The van der Waals surface area contributed by atoms with Crippen LogP contribution in [0.4, 0.5) is 13.2 Å². The van der Waals surface area contributed by atoms with E-state index in [1.165, 1.54) is 0 Å². The normalized spacial score (nSPS) is 11.1. The van der Waals surface area contributed by atoms with Gasteiger partial charge in [-0.25, -0.2) is 0 Å². The average molecular weight is 218 g/mol. The lowest BCUT2D eigenvalue weighted by Gasteiger charge is -2.06. The molecule has 0 N–H and O–H groups in total. The molecular weight excluding hydrogens is 209 g/mol. The molecule has 0 aliphatic rings. The van der Waals surface area contributed by atoms with Crippen LogP contribution in [0.5, 0.6) is 0 Å². The monoisotopic (exact) mass is 218 g/mol. The van der Waals surface area contributed by atoms with Crippen molar-refractivity contribution in [1.29, 1.82) is 0 Å². The minimum absolute atomic E-state index is 0.246. The lowest BCUT2D eigenvalue weighted by Crippen LogP contribution is -2.19. The van der Waals surface area contributed by atoms with Gasteiger partial charge in [0.1, 0.15) is 0 Å². The Hall–Kier alpha value is -1.52. The molecule has 0 atom stereocenters. The number of hydrogen-bond acceptors (Lipinski definition) is 2. The second kappa shape index (κ2) is 4.82. The first-order chi connectivity index (χ1) is 6.97. The van der Waals surface area contributed by atoms with Gasteiger partial charge in [0.05, 0.1) is 0 Å². The van der Waals surface area contributed by atoms with Crippen LogP contribution in [0, 0.1) is 0 Å². The van der Waals surface area contributed by atoms with E-state index in [0.29, 0.717) is 0 Å². The predicted molar refractivity (Wildman–Crippen MR) is 46.9 cm³/mol. The molecule has 0 bridgehead atoms. The van der Waals surface area contributed by atoms with E-state index in [2.05, 4.69) is 4.74 Å². The van der Waals surface area contributed by atoms with Gasteiger partial charge in [-0.05, 0) is 12.0 Å². The molecule has 1 aromatic carbocycles. The second-order valence-electron chi connectivity index (χ2n) is 2.91. The van der Waals surface area contributed by atoms with Crippen LogP contribution in [-0.2, 0) is 16.0 Å². The zero-order valence-corrected chi connectivity index (χ0v) is 7.75. The van der Waals surface area contributed by atoms with Crippen LogP contribution < -0.4 is 0 Å². The van der Waals surface area contributed by atoms with E-state index in [0.717, 1.165) is 5.56 Å². The van der Waals surface area contributed by atoms with Gasteiger partial charge in [-0.3, -0.25) is 4.79 Å². The maximum atomic E-state index is 11.6. The summed E-state index contributed by atoms with van der Waals surface area (Å²) in [6.45, 7) is 0. The van der Waals surface area contributed by atoms with Gasteiger partial charge in [-0.2, -0.15) is 0 Å². The van der Waals surface area contributed by atoms with Crippen LogP contribution in [0.25, 0.3) is 0 Å². The van der Waals surface area contributed by atoms with Gasteiger partial charge < -0.3 is 4.74 Å². The van der Waals surface area contributed by atoms with Crippen molar-refractivity contribution >= 4 is 5.97 Å². The lowest BCUT2D eigenvalue weighted by molar-refractivity contribution is -0.305. The molecule has 1 rings (SSSR count). The Morgan fingerprint density at radius 2 is 1.80 bits per heavy atom. The molecule has 0 aliphatic heterocycles. The summed E-state index contributed by atoms with van der Waals surface area (Å²) in [4.78, 5) is 10.7. The standard InChI is InChI=1S/C10H9F3O2/c11-10(12,13)15-9(14)7-6-8-4-2-1-3-5-8/h1-5H,6-7H2. The number of halogens is 3. The number of alkyl halides is 3. The van der Waals surface area contributed by atoms with Crippen LogP contribution in [0.2, 0.25) is 0 Å². The summed E-state index contributed by atoms with van der Waals surface area (Å²) in [6, 6.07) is 8.77. The molecule has 0 amide bonds. The number of benzene rings is 1. The van der Waals surface area contributed by atoms with Gasteiger partial charge in [0.15, 0.2) is 0 Å². The van der Waals surface area contributed by atoms with Crippen LogP contribution in [0.15, 0.2) is 30.3 Å². The van der Waals surface area contributed by atoms with Crippen molar-refractivity contribution in [2.45, 2.75) is 19.2 Å². The van der Waals surface area contributed by atoms with Crippen molar-refractivity contribution in [2.75, 3.05) is 0 Å². The quantitative estimate of drug-likeness (QED) is 0.729. The van der Waals surface area contributed by atoms with E-state index >= 15 is 0 Å². The smallest absolute Gasteiger partial charge is 0.373 e. The van der Waals surface area contributed by atoms with Gasteiger partial charge in [-0.1, -0.05) is 30.3 Å². The predicted octanol–water partition coefficient (Wildman–Crippen LogP) is 2.68. The van der Waals surface area contributed by atoms with Crippen LogP contribution >= 0.6 is 0 Å². The molecule has 0 radical (unpaired) electrons. The van der Waals surface area contributed by atoms with E-state index in [4.69, 9.17) is 0 Å². The number of carbonyl (C=O) groups excluding carboxylic acids is 1. The van der Waals surface area contributed by atoms with Crippen LogP contribution in [0.1, 0.15) is 12.0 Å². The fourth-order valence-corrected chi connectivity index (χ4v) is 1.07. The number of ether oxygens (including phenoxy) is 1. The molecule has 82 valence electrons. The Morgan fingerprint density at radius 3 is 2.33 bits per heavy atom. The molecule has 15 heavy (non-hydrogen) atoms. The Labute approximate surface area is 84.7 Å². The summed E-state index contributed by atoms with van der Waals surface area (Å²) in [6.07, 6.45) is -4.91. The number of rotatable bonds is 3. The van der Waals surface area contributed by atoms with E-state index in [1.807, 2.05) is 0 Å². The lowest BCUT2D eigenvalue weighted by atomic mass is 10.1. The Morgan fingerprint density at radius 1 is 1.20 bits per heavy atom. The molecule has 5 heteroatoms. The third kappa shape index (κ3) is 5.05. The summed E-state index contributed by atoms with van der Waals surface area (Å²) >= 11 is 0. The van der Waals surface area contributed by atoms with E-state index in [9.17, 15) is 18.0 Å². The zero-order valence-electron chi connectivity index (χ0n) is 7.75. The molecule has 0 aliphatic carbocycles. The first kappa shape index (κ1) is 11.6. The van der Waals surface area contributed by atoms with Gasteiger partial charge in [-0.15, -0.1) is 13.2 Å². The summed E-state index contributed by atoms with van der Waals surface area (Å²) < 4.78 is 38.0. The Balaban J connectivity index is 2.35. The number of carbonyl (C=O) groups is 1. The molecule has 0 fully saturated rings. The Bertz CT molecular complexity index is 319. The fourth-order valence-electron chi connectivity index (χ4n) is 1.07. The van der Waals surface area contributed by atoms with Gasteiger partial charge in [0, 0.05) is 6.42 Å². The molecule has 0 saturated carbocycles. The maximum Gasteiger partial charge on any atom is 0.575 e. The summed E-state index contributed by atoms with van der Waals surface area (Å²) in [7, 11) is 0. The van der Waals surface area contributed by atoms with Crippen LogP contribution in [-0.4, -0.2) is 12.3 Å². The second-order valence-corrected chi connectivity index (χ2v) is 2.91. The SMILES string of the molecule is O=C(CCc1ccccc1)OC(F)(F)F. The highest BCUT2D eigenvalue weighted by Crippen LogP contribution is 2.17. The highest BCUT2D eigenvalue weighted by Gasteiger charge is 2.33. The zero-order chi connectivity index (χ0) is 11.3. The summed E-state index contributed by atoms with van der Waals surface area (Å²) in [5.74, 6) is -1.26.